The summed E-state index contributed by atoms with van der Waals surface area (Å²) in [4.78, 5) is 0. The summed E-state index contributed by atoms with van der Waals surface area (Å²) in [6.07, 6.45) is 2.95. The topological polar surface area (TPSA) is 46.2 Å². The van der Waals surface area contributed by atoms with Gasteiger partial charge < -0.3 is 10.8 Å². The Morgan fingerprint density at radius 1 is 1.31 bits per heavy atom. The Morgan fingerprint density at radius 3 is 2.69 bits per heavy atom. The van der Waals surface area contributed by atoms with Crippen LogP contribution >= 0.6 is 0 Å². The van der Waals surface area contributed by atoms with Crippen LogP contribution < -0.4 is 5.73 Å². The van der Waals surface area contributed by atoms with Crippen molar-refractivity contribution in [1.29, 1.82) is 0 Å². The molecule has 0 bridgehead atoms. The predicted molar refractivity (Wildman–Crippen MR) is 55.6 cm³/mol. The molecule has 0 aliphatic heterocycles. The molecule has 0 heterocycles. The Bertz CT molecular complexity index is 271. The number of nitrogen functional groups attached to an aromatic ring is 1. The first kappa shape index (κ1) is 10.1. The molecule has 2 nitrogen and oxygen atoms in total. The molecule has 0 aliphatic rings. The van der Waals surface area contributed by atoms with Gasteiger partial charge in [0, 0.05) is 12.3 Å². The molecule has 0 unspecified atom stereocenters. The molecule has 1 aromatic rings. The normalized spacial score (nSPS) is 10.3. The molecule has 13 heavy (non-hydrogen) atoms. The van der Waals surface area contributed by atoms with Gasteiger partial charge in [-0.3, -0.25) is 0 Å². The van der Waals surface area contributed by atoms with Crippen LogP contribution in [0.3, 0.4) is 0 Å². The summed E-state index contributed by atoms with van der Waals surface area (Å²) in [5, 5.41) is 8.62. The number of benzene rings is 1. The summed E-state index contributed by atoms with van der Waals surface area (Å²) >= 11 is 0. The third kappa shape index (κ3) is 3.07. The second kappa shape index (κ2) is 4.87. The lowest BCUT2D eigenvalue weighted by molar-refractivity contribution is 0.284. The zero-order chi connectivity index (χ0) is 9.68. The third-order valence-electron chi connectivity index (χ3n) is 2.21. The molecule has 0 saturated heterocycles. The highest BCUT2D eigenvalue weighted by atomic mass is 16.2. The third-order valence-corrected chi connectivity index (χ3v) is 2.21. The summed E-state index contributed by atoms with van der Waals surface area (Å²) in [5.74, 6) is 0. The van der Waals surface area contributed by atoms with Gasteiger partial charge >= 0.3 is 0 Å². The van der Waals surface area contributed by atoms with Crippen LogP contribution in [0.1, 0.15) is 24.0 Å². The summed E-state index contributed by atoms with van der Waals surface area (Å²) in [6.45, 7) is 2.30. The van der Waals surface area contributed by atoms with Crippen molar-refractivity contribution in [2.75, 3.05) is 12.3 Å². The number of hydrogen-bond donors (Lipinski definition) is 2. The molecule has 0 saturated carbocycles. The predicted octanol–water partition coefficient (Wildman–Crippen LogP) is 1.89. The van der Waals surface area contributed by atoms with Crippen molar-refractivity contribution < 1.29 is 5.11 Å². The minimum atomic E-state index is 0.286. The number of unbranched alkanes of at least 4 members (excludes halogenated alkanes) is 1. The minimum absolute atomic E-state index is 0.286. The minimum Gasteiger partial charge on any atom is -0.399 e. The van der Waals surface area contributed by atoms with E-state index < -0.39 is 0 Å². The molecular formula is C11H17NO. The number of aliphatic hydroxyl groups is 1. The zero-order valence-electron chi connectivity index (χ0n) is 8.09. The Labute approximate surface area is 79.4 Å². The van der Waals surface area contributed by atoms with Crippen LogP contribution in [0.2, 0.25) is 0 Å². The highest BCUT2D eigenvalue weighted by Gasteiger charge is 1.96. The lowest BCUT2D eigenvalue weighted by Gasteiger charge is -2.04. The fraction of sp³-hybridized carbons (Fsp3) is 0.455. The average Bonchev–Trinajstić information content (AvgIpc) is 2.12. The smallest absolute Gasteiger partial charge is 0.0431 e. The highest BCUT2D eigenvalue weighted by molar-refractivity contribution is 5.47. The summed E-state index contributed by atoms with van der Waals surface area (Å²) < 4.78 is 0. The van der Waals surface area contributed by atoms with E-state index in [-0.39, 0.29) is 6.61 Å². The van der Waals surface area contributed by atoms with Crippen LogP contribution in [0.15, 0.2) is 18.2 Å². The van der Waals surface area contributed by atoms with Crippen LogP contribution in [-0.4, -0.2) is 11.7 Å². The molecule has 0 amide bonds. The van der Waals surface area contributed by atoms with Crippen LogP contribution in [0.4, 0.5) is 5.69 Å². The van der Waals surface area contributed by atoms with Crippen LogP contribution in [0.5, 0.6) is 0 Å². The van der Waals surface area contributed by atoms with E-state index in [4.69, 9.17) is 10.8 Å². The monoisotopic (exact) mass is 179 g/mol. The first-order valence-corrected chi connectivity index (χ1v) is 4.70. The fourth-order valence-electron chi connectivity index (χ4n) is 1.33. The average molecular weight is 179 g/mol. The maximum absolute atomic E-state index is 8.62. The molecule has 2 heteroatoms. The quantitative estimate of drug-likeness (QED) is 0.547. The molecule has 3 N–H and O–H groups in total. The van der Waals surface area contributed by atoms with E-state index >= 15 is 0 Å². The van der Waals surface area contributed by atoms with Crippen LogP contribution in [0, 0.1) is 6.92 Å². The van der Waals surface area contributed by atoms with Gasteiger partial charge in [-0.2, -0.15) is 0 Å². The SMILES string of the molecule is Cc1cc(CCCCO)ccc1N. The number of aryl methyl sites for hydroxylation is 2. The van der Waals surface area contributed by atoms with Gasteiger partial charge in [0.1, 0.15) is 0 Å². The van der Waals surface area contributed by atoms with Gasteiger partial charge in [-0.1, -0.05) is 12.1 Å². The van der Waals surface area contributed by atoms with E-state index in [1.54, 1.807) is 0 Å². The Morgan fingerprint density at radius 2 is 2.08 bits per heavy atom. The van der Waals surface area contributed by atoms with Gasteiger partial charge in [-0.05, 0) is 43.4 Å². The van der Waals surface area contributed by atoms with Gasteiger partial charge in [0.2, 0.25) is 0 Å². The maximum Gasteiger partial charge on any atom is 0.0431 e. The van der Waals surface area contributed by atoms with Crippen molar-refractivity contribution in [2.45, 2.75) is 26.2 Å². The van der Waals surface area contributed by atoms with Crippen LogP contribution in [-0.2, 0) is 6.42 Å². The molecule has 1 aromatic carbocycles. The van der Waals surface area contributed by atoms with Gasteiger partial charge in [0.25, 0.3) is 0 Å². The van der Waals surface area contributed by atoms with Crippen molar-refractivity contribution in [3.8, 4) is 0 Å². The highest BCUT2D eigenvalue weighted by Crippen LogP contribution is 2.14. The first-order chi connectivity index (χ1) is 6.24. The van der Waals surface area contributed by atoms with Crippen molar-refractivity contribution in [2.24, 2.45) is 0 Å². The van der Waals surface area contributed by atoms with Crippen molar-refractivity contribution in [1.82, 2.24) is 0 Å². The lowest BCUT2D eigenvalue weighted by atomic mass is 10.0. The number of aliphatic hydroxyl groups excluding tert-OH is 1. The van der Waals surface area contributed by atoms with Crippen molar-refractivity contribution in [3.05, 3.63) is 29.3 Å². The number of hydrogen-bond acceptors (Lipinski definition) is 2. The van der Waals surface area contributed by atoms with E-state index in [2.05, 4.69) is 12.1 Å². The molecule has 1 rings (SSSR count). The molecule has 0 fully saturated rings. The summed E-state index contributed by atoms with van der Waals surface area (Å²) in [7, 11) is 0. The second-order valence-electron chi connectivity index (χ2n) is 3.37. The van der Waals surface area contributed by atoms with Gasteiger partial charge in [0.05, 0.1) is 0 Å². The van der Waals surface area contributed by atoms with Gasteiger partial charge in [-0.15, -0.1) is 0 Å². The second-order valence-corrected chi connectivity index (χ2v) is 3.37. The van der Waals surface area contributed by atoms with Gasteiger partial charge in [-0.25, -0.2) is 0 Å². The molecular weight excluding hydrogens is 162 g/mol. The van der Waals surface area contributed by atoms with Crippen LogP contribution in [0.25, 0.3) is 0 Å². The Balaban J connectivity index is 2.53. The Hall–Kier alpha value is -1.02. The lowest BCUT2D eigenvalue weighted by Crippen LogP contribution is -1.93. The van der Waals surface area contributed by atoms with E-state index in [1.807, 2.05) is 13.0 Å². The summed E-state index contributed by atoms with van der Waals surface area (Å²) in [5.41, 5.74) is 9.00. The first-order valence-electron chi connectivity index (χ1n) is 4.70. The maximum atomic E-state index is 8.62. The Kier molecular flexibility index (Phi) is 3.77. The molecule has 0 atom stereocenters. The molecule has 0 radical (unpaired) electrons. The standard InChI is InChI=1S/C11H17NO/c1-9-8-10(4-2-3-7-13)5-6-11(9)12/h5-6,8,13H,2-4,7,12H2,1H3. The molecule has 0 spiro atoms. The van der Waals surface area contributed by atoms with E-state index in [9.17, 15) is 0 Å². The van der Waals surface area contributed by atoms with E-state index in [0.29, 0.717) is 0 Å². The number of nitrogens with two attached hydrogens (primary N) is 1. The molecule has 72 valence electrons. The zero-order valence-corrected chi connectivity index (χ0v) is 8.09. The van der Waals surface area contributed by atoms with E-state index in [1.165, 1.54) is 5.56 Å². The molecule has 0 aliphatic carbocycles. The van der Waals surface area contributed by atoms with Gasteiger partial charge in [0.15, 0.2) is 0 Å². The number of anilines is 1. The fourth-order valence-corrected chi connectivity index (χ4v) is 1.33. The van der Waals surface area contributed by atoms with E-state index in [0.717, 1.165) is 30.5 Å². The largest absolute Gasteiger partial charge is 0.399 e. The molecule has 0 aromatic heterocycles. The number of rotatable bonds is 4. The van der Waals surface area contributed by atoms with Crippen molar-refractivity contribution >= 4 is 5.69 Å². The van der Waals surface area contributed by atoms with Crippen molar-refractivity contribution in [3.63, 3.8) is 0 Å². The summed E-state index contributed by atoms with van der Waals surface area (Å²) in [6, 6.07) is 6.12.